The predicted octanol–water partition coefficient (Wildman–Crippen LogP) is 2.36. The molecule has 1 aliphatic heterocycles. The normalized spacial score (nSPS) is 35.4. The monoisotopic (exact) mass is 327 g/mol. The van der Waals surface area contributed by atoms with Gasteiger partial charge in [0.25, 0.3) is 0 Å². The first-order valence-corrected chi connectivity index (χ1v) is 8.95. The lowest BCUT2D eigenvalue weighted by Gasteiger charge is -2.46. The number of rotatable bonds is 5. The second-order valence-corrected chi connectivity index (χ2v) is 8.07. The van der Waals surface area contributed by atoms with Crippen molar-refractivity contribution in [1.29, 1.82) is 0 Å². The lowest BCUT2D eigenvalue weighted by atomic mass is 9.66. The van der Waals surface area contributed by atoms with Gasteiger partial charge in [-0.2, -0.15) is 0 Å². The van der Waals surface area contributed by atoms with E-state index >= 15 is 0 Å². The zero-order valence-corrected chi connectivity index (χ0v) is 15.4. The van der Waals surface area contributed by atoms with E-state index in [9.17, 15) is 9.90 Å². The van der Waals surface area contributed by atoms with Crippen LogP contribution in [0, 0.1) is 5.41 Å². The van der Waals surface area contributed by atoms with E-state index in [1.165, 1.54) is 0 Å². The summed E-state index contributed by atoms with van der Waals surface area (Å²) in [6, 6.07) is 0. The highest BCUT2D eigenvalue weighted by atomic mass is 16.7. The minimum Gasteiger partial charge on any atom is -0.382 e. The molecule has 1 spiro atoms. The molecule has 1 saturated carbocycles. The molecule has 0 radical (unpaired) electrons. The largest absolute Gasteiger partial charge is 0.382 e. The van der Waals surface area contributed by atoms with Crippen molar-refractivity contribution in [2.45, 2.75) is 77.8 Å². The van der Waals surface area contributed by atoms with Crippen molar-refractivity contribution in [2.24, 2.45) is 5.41 Å². The lowest BCUT2D eigenvalue weighted by molar-refractivity contribution is -0.218. The van der Waals surface area contributed by atoms with Gasteiger partial charge in [-0.15, -0.1) is 0 Å². The third kappa shape index (κ3) is 3.78. The van der Waals surface area contributed by atoms with E-state index in [4.69, 9.17) is 9.47 Å². The molecule has 5 heteroatoms. The molecule has 0 aromatic heterocycles. The number of ether oxygens (including phenoxy) is 2. The molecule has 5 nitrogen and oxygen atoms in total. The summed E-state index contributed by atoms with van der Waals surface area (Å²) in [7, 11) is 0. The zero-order valence-electron chi connectivity index (χ0n) is 15.4. The van der Waals surface area contributed by atoms with Crippen LogP contribution in [0.1, 0.15) is 60.3 Å². The van der Waals surface area contributed by atoms with E-state index in [0.717, 1.165) is 26.1 Å². The number of hydrogen-bond donors (Lipinski definition) is 1. The maximum atomic E-state index is 12.6. The molecule has 0 amide bonds. The van der Waals surface area contributed by atoms with Gasteiger partial charge in [-0.3, -0.25) is 4.79 Å². The first-order chi connectivity index (χ1) is 10.7. The highest BCUT2D eigenvalue weighted by Gasteiger charge is 2.56. The minimum absolute atomic E-state index is 0.00938. The van der Waals surface area contributed by atoms with Crippen LogP contribution in [0.3, 0.4) is 0 Å². The Hall–Kier alpha value is -0.490. The Morgan fingerprint density at radius 1 is 1.30 bits per heavy atom. The van der Waals surface area contributed by atoms with Crippen LogP contribution in [0.4, 0.5) is 0 Å². The Balaban J connectivity index is 1.98. The molecule has 1 heterocycles. The second-order valence-electron chi connectivity index (χ2n) is 8.07. The summed E-state index contributed by atoms with van der Waals surface area (Å²) in [5.41, 5.74) is -1.75. The fraction of sp³-hybridized carbons (Fsp3) is 0.944. The average Bonchev–Trinajstić information content (AvgIpc) is 2.84. The molecule has 1 N–H and O–H groups in total. The quantitative estimate of drug-likeness (QED) is 0.840. The molecule has 3 unspecified atom stereocenters. The highest BCUT2D eigenvalue weighted by Crippen LogP contribution is 2.46. The number of hydrogen-bond acceptors (Lipinski definition) is 5. The van der Waals surface area contributed by atoms with Gasteiger partial charge in [-0.05, 0) is 31.3 Å². The van der Waals surface area contributed by atoms with E-state index in [1.54, 1.807) is 0 Å². The van der Waals surface area contributed by atoms with Crippen molar-refractivity contribution in [3.05, 3.63) is 0 Å². The first kappa shape index (κ1) is 18.8. The van der Waals surface area contributed by atoms with Crippen molar-refractivity contribution in [3.63, 3.8) is 0 Å². The maximum absolute atomic E-state index is 12.6. The third-order valence-electron chi connectivity index (χ3n) is 5.36. The van der Waals surface area contributed by atoms with Gasteiger partial charge >= 0.3 is 0 Å². The first-order valence-electron chi connectivity index (χ1n) is 8.95. The van der Waals surface area contributed by atoms with Gasteiger partial charge in [0.2, 0.25) is 0 Å². The zero-order chi connectivity index (χ0) is 17.3. The van der Waals surface area contributed by atoms with Crippen molar-refractivity contribution in [2.75, 3.05) is 26.2 Å². The molecule has 0 aromatic rings. The second kappa shape index (κ2) is 6.79. The van der Waals surface area contributed by atoms with Crippen molar-refractivity contribution in [3.8, 4) is 0 Å². The van der Waals surface area contributed by atoms with Gasteiger partial charge in [0.1, 0.15) is 5.60 Å². The Kier molecular flexibility index (Phi) is 5.56. The fourth-order valence-corrected chi connectivity index (χ4v) is 3.70. The van der Waals surface area contributed by atoms with E-state index < -0.39 is 16.8 Å². The third-order valence-corrected chi connectivity index (χ3v) is 5.36. The van der Waals surface area contributed by atoms with Crippen LogP contribution in [-0.4, -0.2) is 59.5 Å². The number of carbonyl (C=O) groups is 1. The summed E-state index contributed by atoms with van der Waals surface area (Å²) in [6.45, 7) is 13.4. The van der Waals surface area contributed by atoms with Crippen molar-refractivity contribution < 1.29 is 19.4 Å². The minimum atomic E-state index is -1.28. The molecule has 2 aliphatic rings. The molecule has 0 aromatic carbocycles. The Morgan fingerprint density at radius 3 is 2.52 bits per heavy atom. The Labute approximate surface area is 140 Å². The summed E-state index contributed by atoms with van der Waals surface area (Å²) < 4.78 is 12.1. The average molecular weight is 327 g/mol. The van der Waals surface area contributed by atoms with Gasteiger partial charge in [0.15, 0.2) is 11.6 Å². The molecule has 1 saturated heterocycles. The van der Waals surface area contributed by atoms with Gasteiger partial charge in [0.05, 0.1) is 19.1 Å². The summed E-state index contributed by atoms with van der Waals surface area (Å²) in [4.78, 5) is 14.9. The fourth-order valence-electron chi connectivity index (χ4n) is 3.70. The predicted molar refractivity (Wildman–Crippen MR) is 89.2 cm³/mol. The van der Waals surface area contributed by atoms with E-state index in [0.29, 0.717) is 19.4 Å². The van der Waals surface area contributed by atoms with Crippen LogP contribution in [0.15, 0.2) is 0 Å². The van der Waals surface area contributed by atoms with Crippen LogP contribution in [0.25, 0.3) is 0 Å². The molecule has 23 heavy (non-hydrogen) atoms. The molecular weight excluding hydrogens is 294 g/mol. The smallest absolute Gasteiger partial charge is 0.176 e. The summed E-state index contributed by atoms with van der Waals surface area (Å²) in [5, 5.41) is 10.8. The Morgan fingerprint density at radius 2 is 2.00 bits per heavy atom. The molecule has 3 atom stereocenters. The summed E-state index contributed by atoms with van der Waals surface area (Å²) >= 11 is 0. The molecule has 2 rings (SSSR count). The van der Waals surface area contributed by atoms with Crippen molar-refractivity contribution >= 4 is 5.78 Å². The molecule has 134 valence electrons. The lowest BCUT2D eigenvalue weighted by Crippen LogP contribution is -2.57. The standard InChI is InChI=1S/C18H33NO4/c1-6-10-19(7-2)12-14-13-22-17(23-14)8-9-18(21,15(20)11-17)16(3,4)5/h14,21H,6-13H2,1-5H3. The van der Waals surface area contributed by atoms with Crippen LogP contribution < -0.4 is 0 Å². The maximum Gasteiger partial charge on any atom is 0.176 e. The van der Waals surface area contributed by atoms with E-state index in [-0.39, 0.29) is 18.3 Å². The summed E-state index contributed by atoms with van der Waals surface area (Å²) in [5.74, 6) is -0.969. The van der Waals surface area contributed by atoms with Gasteiger partial charge in [-0.25, -0.2) is 0 Å². The summed E-state index contributed by atoms with van der Waals surface area (Å²) in [6.07, 6.45) is 2.24. The SMILES string of the molecule is CCCN(CC)CC1COC2(CCC(O)(C(C)(C)C)C(=O)C2)O1. The van der Waals surface area contributed by atoms with Gasteiger partial charge in [-0.1, -0.05) is 34.6 Å². The van der Waals surface area contributed by atoms with Crippen LogP contribution >= 0.6 is 0 Å². The van der Waals surface area contributed by atoms with Crippen LogP contribution in [0.2, 0.25) is 0 Å². The van der Waals surface area contributed by atoms with Crippen molar-refractivity contribution in [1.82, 2.24) is 4.90 Å². The highest BCUT2D eigenvalue weighted by molar-refractivity contribution is 5.89. The number of likely N-dealkylation sites (N-methyl/N-ethyl adjacent to an activating group) is 1. The van der Waals surface area contributed by atoms with E-state index in [1.807, 2.05) is 20.8 Å². The van der Waals surface area contributed by atoms with E-state index in [2.05, 4.69) is 18.7 Å². The van der Waals surface area contributed by atoms with Crippen LogP contribution in [0.5, 0.6) is 0 Å². The number of nitrogens with zero attached hydrogens (tertiary/aromatic N) is 1. The van der Waals surface area contributed by atoms with Gasteiger partial charge < -0.3 is 19.5 Å². The topological polar surface area (TPSA) is 59.0 Å². The number of carbonyl (C=O) groups excluding carboxylic acids is 1. The van der Waals surface area contributed by atoms with Crippen LogP contribution in [-0.2, 0) is 14.3 Å². The molecule has 0 bridgehead atoms. The number of aliphatic hydroxyl groups is 1. The molecular formula is C18H33NO4. The molecule has 2 fully saturated rings. The number of ketones is 1. The Bertz CT molecular complexity index is 433. The molecule has 1 aliphatic carbocycles. The van der Waals surface area contributed by atoms with Gasteiger partial charge in [0, 0.05) is 13.0 Å². The number of Topliss-reactive ketones (excluding diaryl/α,β-unsaturated/α-hetero) is 1.